The average molecular weight is 126 g/mol. The van der Waals surface area contributed by atoms with Crippen molar-refractivity contribution in [3.05, 3.63) is 0 Å². The van der Waals surface area contributed by atoms with Gasteiger partial charge in [0.1, 0.15) is 0 Å². The lowest BCUT2D eigenvalue weighted by Crippen LogP contribution is -2.19. The Morgan fingerprint density at radius 3 is 2.56 bits per heavy atom. The van der Waals surface area contributed by atoms with Crippen LogP contribution in [0.3, 0.4) is 0 Å². The van der Waals surface area contributed by atoms with Crippen molar-refractivity contribution in [2.75, 3.05) is 20.6 Å². The fourth-order valence-electron chi connectivity index (χ4n) is 0.238. The van der Waals surface area contributed by atoms with Crippen LogP contribution in [0.1, 0.15) is 0 Å². The van der Waals surface area contributed by atoms with Gasteiger partial charge in [-0.1, -0.05) is 5.92 Å². The SMILES string of the molecule is CN(C)C(=O)C#CCN. The molecule has 0 saturated heterocycles. The molecule has 50 valence electrons. The first-order chi connectivity index (χ1) is 4.18. The number of amides is 1. The van der Waals surface area contributed by atoms with Crippen LogP contribution in [-0.4, -0.2) is 31.4 Å². The van der Waals surface area contributed by atoms with Gasteiger partial charge in [0.25, 0.3) is 5.91 Å². The van der Waals surface area contributed by atoms with E-state index in [-0.39, 0.29) is 12.5 Å². The Morgan fingerprint density at radius 2 is 2.22 bits per heavy atom. The second-order valence-electron chi connectivity index (χ2n) is 1.71. The van der Waals surface area contributed by atoms with Crippen LogP contribution in [0.15, 0.2) is 0 Å². The summed E-state index contributed by atoms with van der Waals surface area (Å²) < 4.78 is 0. The van der Waals surface area contributed by atoms with Crippen LogP contribution in [0.2, 0.25) is 0 Å². The maximum atomic E-state index is 10.6. The fourth-order valence-corrected chi connectivity index (χ4v) is 0.238. The Bertz CT molecular complexity index is 152. The first kappa shape index (κ1) is 7.99. The largest absolute Gasteiger partial charge is 0.338 e. The fraction of sp³-hybridized carbons (Fsp3) is 0.500. The number of rotatable bonds is 0. The lowest BCUT2D eigenvalue weighted by atomic mass is 10.5. The highest BCUT2D eigenvalue weighted by atomic mass is 16.2. The molecule has 0 bridgehead atoms. The summed E-state index contributed by atoms with van der Waals surface area (Å²) in [5.41, 5.74) is 5.03. The summed E-state index contributed by atoms with van der Waals surface area (Å²) in [4.78, 5) is 12.0. The molecule has 0 fully saturated rings. The lowest BCUT2D eigenvalue weighted by Gasteiger charge is -2.01. The van der Waals surface area contributed by atoms with E-state index in [4.69, 9.17) is 5.73 Å². The van der Waals surface area contributed by atoms with Gasteiger partial charge in [0.15, 0.2) is 0 Å². The molecule has 3 nitrogen and oxygen atoms in total. The van der Waals surface area contributed by atoms with Crippen molar-refractivity contribution in [3.63, 3.8) is 0 Å². The van der Waals surface area contributed by atoms with Crippen molar-refractivity contribution in [1.29, 1.82) is 0 Å². The van der Waals surface area contributed by atoms with Gasteiger partial charge in [0.2, 0.25) is 0 Å². The summed E-state index contributed by atoms with van der Waals surface area (Å²) in [6.45, 7) is 0.236. The van der Waals surface area contributed by atoms with Crippen LogP contribution in [0.5, 0.6) is 0 Å². The Balaban J connectivity index is 3.77. The predicted molar refractivity (Wildman–Crippen MR) is 35.5 cm³/mol. The smallest absolute Gasteiger partial charge is 0.297 e. The number of carbonyl (C=O) groups is 1. The molecule has 0 spiro atoms. The molecule has 0 heterocycles. The van der Waals surface area contributed by atoms with Crippen molar-refractivity contribution in [2.45, 2.75) is 0 Å². The molecule has 0 aromatic rings. The maximum absolute atomic E-state index is 10.6. The third kappa shape index (κ3) is 3.56. The molecule has 0 aliphatic rings. The summed E-state index contributed by atoms with van der Waals surface area (Å²) in [5.74, 6) is 4.60. The summed E-state index contributed by atoms with van der Waals surface area (Å²) in [5, 5.41) is 0. The second kappa shape index (κ2) is 3.93. The molecule has 0 rings (SSSR count). The van der Waals surface area contributed by atoms with E-state index in [1.54, 1.807) is 14.1 Å². The Hall–Kier alpha value is -1.01. The van der Waals surface area contributed by atoms with Gasteiger partial charge in [0.05, 0.1) is 6.54 Å². The van der Waals surface area contributed by atoms with Gasteiger partial charge in [-0.25, -0.2) is 0 Å². The standard InChI is InChI=1S/C6H10N2O/c1-8(2)6(9)4-3-5-7/h5,7H2,1-2H3. The minimum absolute atomic E-state index is 0.208. The van der Waals surface area contributed by atoms with Crippen LogP contribution >= 0.6 is 0 Å². The van der Waals surface area contributed by atoms with E-state index in [2.05, 4.69) is 11.8 Å². The van der Waals surface area contributed by atoms with Crippen LogP contribution in [0.25, 0.3) is 0 Å². The van der Waals surface area contributed by atoms with E-state index in [1.165, 1.54) is 4.90 Å². The molecular formula is C6H10N2O. The van der Waals surface area contributed by atoms with Crippen molar-refractivity contribution in [2.24, 2.45) is 5.73 Å². The molecule has 0 atom stereocenters. The van der Waals surface area contributed by atoms with Crippen molar-refractivity contribution in [1.82, 2.24) is 4.90 Å². The number of carbonyl (C=O) groups excluding carboxylic acids is 1. The molecule has 0 aliphatic heterocycles. The first-order valence-electron chi connectivity index (χ1n) is 2.58. The van der Waals surface area contributed by atoms with E-state index in [0.29, 0.717) is 0 Å². The number of nitrogens with zero attached hydrogens (tertiary/aromatic N) is 1. The Morgan fingerprint density at radius 1 is 1.67 bits per heavy atom. The van der Waals surface area contributed by atoms with Gasteiger partial charge in [-0.15, -0.1) is 0 Å². The second-order valence-corrected chi connectivity index (χ2v) is 1.71. The molecular weight excluding hydrogens is 116 g/mol. The summed E-state index contributed by atoms with van der Waals surface area (Å²) in [6, 6.07) is 0. The minimum atomic E-state index is -0.208. The van der Waals surface area contributed by atoms with E-state index in [1.807, 2.05) is 0 Å². The molecule has 0 radical (unpaired) electrons. The van der Waals surface area contributed by atoms with E-state index in [0.717, 1.165) is 0 Å². The number of nitrogens with two attached hydrogens (primary N) is 1. The molecule has 0 aromatic carbocycles. The van der Waals surface area contributed by atoms with E-state index in [9.17, 15) is 4.79 Å². The summed E-state index contributed by atoms with van der Waals surface area (Å²) in [7, 11) is 3.29. The predicted octanol–water partition coefficient (Wildman–Crippen LogP) is -0.963. The molecule has 3 heteroatoms. The third-order valence-electron chi connectivity index (χ3n) is 0.704. The Kier molecular flexibility index (Phi) is 3.49. The highest BCUT2D eigenvalue weighted by Crippen LogP contribution is 1.72. The normalized spacial score (nSPS) is 7.44. The minimum Gasteiger partial charge on any atom is -0.338 e. The van der Waals surface area contributed by atoms with Crippen LogP contribution in [0.4, 0.5) is 0 Å². The van der Waals surface area contributed by atoms with Crippen LogP contribution < -0.4 is 5.73 Å². The first-order valence-corrected chi connectivity index (χ1v) is 2.58. The van der Waals surface area contributed by atoms with Gasteiger partial charge in [-0.3, -0.25) is 4.79 Å². The van der Waals surface area contributed by atoms with Crippen LogP contribution in [-0.2, 0) is 4.79 Å². The molecule has 0 aromatic heterocycles. The summed E-state index contributed by atoms with van der Waals surface area (Å²) in [6.07, 6.45) is 0. The van der Waals surface area contributed by atoms with Crippen molar-refractivity contribution >= 4 is 5.91 Å². The molecule has 0 aliphatic carbocycles. The molecule has 0 saturated carbocycles. The van der Waals surface area contributed by atoms with Crippen molar-refractivity contribution in [3.8, 4) is 11.8 Å². The average Bonchev–Trinajstić information content (AvgIpc) is 1.82. The summed E-state index contributed by atoms with van der Waals surface area (Å²) >= 11 is 0. The number of hydrogen-bond donors (Lipinski definition) is 1. The zero-order chi connectivity index (χ0) is 7.28. The number of hydrogen-bond acceptors (Lipinski definition) is 2. The van der Waals surface area contributed by atoms with Gasteiger partial charge in [-0.05, 0) is 5.92 Å². The zero-order valence-corrected chi connectivity index (χ0v) is 5.64. The zero-order valence-electron chi connectivity index (χ0n) is 5.64. The maximum Gasteiger partial charge on any atom is 0.297 e. The lowest BCUT2D eigenvalue weighted by molar-refractivity contribution is -0.122. The van der Waals surface area contributed by atoms with Gasteiger partial charge < -0.3 is 10.6 Å². The molecule has 0 unspecified atom stereocenters. The van der Waals surface area contributed by atoms with Gasteiger partial charge in [-0.2, -0.15) is 0 Å². The molecule has 2 N–H and O–H groups in total. The quantitative estimate of drug-likeness (QED) is 0.425. The van der Waals surface area contributed by atoms with E-state index < -0.39 is 0 Å². The van der Waals surface area contributed by atoms with Gasteiger partial charge >= 0.3 is 0 Å². The monoisotopic (exact) mass is 126 g/mol. The Labute approximate surface area is 54.8 Å². The molecule has 9 heavy (non-hydrogen) atoms. The third-order valence-corrected chi connectivity index (χ3v) is 0.704. The van der Waals surface area contributed by atoms with Gasteiger partial charge in [0, 0.05) is 14.1 Å². The highest BCUT2D eigenvalue weighted by molar-refractivity contribution is 5.93. The molecule has 1 amide bonds. The van der Waals surface area contributed by atoms with E-state index >= 15 is 0 Å². The van der Waals surface area contributed by atoms with Crippen molar-refractivity contribution < 1.29 is 4.79 Å². The topological polar surface area (TPSA) is 46.3 Å². The van der Waals surface area contributed by atoms with Crippen LogP contribution in [0, 0.1) is 11.8 Å². The highest BCUT2D eigenvalue weighted by Gasteiger charge is 1.94.